The van der Waals surface area contributed by atoms with E-state index in [1.54, 1.807) is 6.07 Å². The second-order valence-electron chi connectivity index (χ2n) is 9.72. The van der Waals surface area contributed by atoms with Gasteiger partial charge >= 0.3 is 6.18 Å². The summed E-state index contributed by atoms with van der Waals surface area (Å²) in [5.41, 5.74) is -1.31. The van der Waals surface area contributed by atoms with Gasteiger partial charge in [0.2, 0.25) is 18.0 Å². The van der Waals surface area contributed by atoms with E-state index in [1.807, 2.05) is 0 Å². The summed E-state index contributed by atoms with van der Waals surface area (Å²) in [4.78, 5) is 13.2. The molecular formula is C23H21ClF3N3O3. The highest BCUT2D eigenvalue weighted by atomic mass is 35.5. The monoisotopic (exact) mass is 479 g/mol. The average molecular weight is 480 g/mol. The molecule has 0 atom stereocenters. The van der Waals surface area contributed by atoms with Crippen LogP contribution in [0.4, 0.5) is 13.2 Å². The number of nitrogens with zero attached hydrogens (tertiary/aromatic N) is 2. The lowest BCUT2D eigenvalue weighted by Gasteiger charge is -2.51. The van der Waals surface area contributed by atoms with Gasteiger partial charge in [0.15, 0.2) is 0 Å². The predicted molar refractivity (Wildman–Crippen MR) is 112 cm³/mol. The highest BCUT2D eigenvalue weighted by molar-refractivity contribution is 6.38. The molecule has 0 radical (unpaired) electrons. The lowest BCUT2D eigenvalue weighted by molar-refractivity contribution is -0.136. The Hall–Kier alpha value is -2.55. The Morgan fingerprint density at radius 3 is 2.39 bits per heavy atom. The summed E-state index contributed by atoms with van der Waals surface area (Å²) >= 11 is 6.43. The molecule has 1 amide bonds. The van der Waals surface area contributed by atoms with Gasteiger partial charge in [0.1, 0.15) is 5.58 Å². The Labute approximate surface area is 191 Å². The zero-order chi connectivity index (χ0) is 23.0. The number of fused-ring (bicyclic) bond motifs is 4. The van der Waals surface area contributed by atoms with Crippen molar-refractivity contribution in [3.63, 3.8) is 0 Å². The van der Waals surface area contributed by atoms with Crippen molar-refractivity contribution in [1.82, 2.24) is 15.5 Å². The standard InChI is InChI=1S/C23H21ClF3N3O3/c24-16-14-9-13(12-1-2-12)10-15(23(25,26)27)17(14)33-18(16)19(31)29-22-6-3-21(4-7-22,5-8-22)20-30-28-11-32-20/h9-12H,1-8H2,(H,29,31). The van der Waals surface area contributed by atoms with Crippen LogP contribution >= 0.6 is 11.6 Å². The first-order valence-electron chi connectivity index (χ1n) is 11.1. The number of rotatable bonds is 4. The van der Waals surface area contributed by atoms with Crippen LogP contribution in [0.5, 0.6) is 0 Å². The van der Waals surface area contributed by atoms with E-state index in [9.17, 15) is 18.0 Å². The number of aromatic nitrogens is 2. The van der Waals surface area contributed by atoms with Crippen molar-refractivity contribution < 1.29 is 26.8 Å². The number of furan rings is 1. The summed E-state index contributed by atoms with van der Waals surface area (Å²) in [6.45, 7) is 0. The molecule has 3 aromatic rings. The number of carbonyl (C=O) groups is 1. The van der Waals surface area contributed by atoms with Crippen LogP contribution in [0, 0.1) is 0 Å². The van der Waals surface area contributed by atoms with Crippen molar-refractivity contribution in [2.45, 2.75) is 74.4 Å². The molecule has 2 aromatic heterocycles. The van der Waals surface area contributed by atoms with Crippen molar-refractivity contribution in [2.75, 3.05) is 0 Å². The molecule has 1 aromatic carbocycles. The van der Waals surface area contributed by atoms with Crippen LogP contribution in [-0.4, -0.2) is 21.6 Å². The zero-order valence-electron chi connectivity index (χ0n) is 17.6. The van der Waals surface area contributed by atoms with E-state index >= 15 is 0 Å². The molecule has 2 bridgehead atoms. The van der Waals surface area contributed by atoms with Crippen LogP contribution < -0.4 is 5.32 Å². The summed E-state index contributed by atoms with van der Waals surface area (Å²) in [5.74, 6) is -0.113. The van der Waals surface area contributed by atoms with Gasteiger partial charge in [-0.25, -0.2) is 0 Å². The summed E-state index contributed by atoms with van der Waals surface area (Å²) < 4.78 is 52.2. The lowest BCUT2D eigenvalue weighted by Crippen LogP contribution is -2.57. The Morgan fingerprint density at radius 2 is 1.82 bits per heavy atom. The maximum atomic E-state index is 13.7. The molecule has 33 heavy (non-hydrogen) atoms. The minimum absolute atomic E-state index is 0.0706. The number of alkyl halides is 3. The van der Waals surface area contributed by atoms with Crippen molar-refractivity contribution in [2.24, 2.45) is 0 Å². The maximum Gasteiger partial charge on any atom is 0.420 e. The molecule has 7 rings (SSSR count). The van der Waals surface area contributed by atoms with Gasteiger partial charge in [-0.05, 0) is 75.0 Å². The number of benzene rings is 1. The molecule has 0 spiro atoms. The van der Waals surface area contributed by atoms with E-state index < -0.39 is 23.2 Å². The number of hydrogen-bond acceptors (Lipinski definition) is 5. The molecule has 4 aliphatic carbocycles. The molecule has 4 aliphatic rings. The minimum atomic E-state index is -4.61. The fourth-order valence-corrected chi connectivity index (χ4v) is 5.86. The highest BCUT2D eigenvalue weighted by Gasteiger charge is 2.52. The second-order valence-corrected chi connectivity index (χ2v) is 10.1. The second kappa shape index (κ2) is 6.98. The van der Waals surface area contributed by atoms with E-state index in [-0.39, 0.29) is 33.1 Å². The largest absolute Gasteiger partial charge is 0.449 e. The Morgan fingerprint density at radius 1 is 1.12 bits per heavy atom. The average Bonchev–Trinajstić information content (AvgIpc) is 3.38. The third-order valence-electron chi connectivity index (χ3n) is 7.75. The Bertz CT molecular complexity index is 1220. The van der Waals surface area contributed by atoms with Gasteiger partial charge in [0.05, 0.1) is 10.6 Å². The topological polar surface area (TPSA) is 81.2 Å². The van der Waals surface area contributed by atoms with E-state index in [1.165, 1.54) is 6.39 Å². The van der Waals surface area contributed by atoms with Crippen LogP contribution in [0.25, 0.3) is 11.0 Å². The molecular weight excluding hydrogens is 459 g/mol. The summed E-state index contributed by atoms with van der Waals surface area (Å²) in [6, 6.07) is 2.75. The minimum Gasteiger partial charge on any atom is -0.449 e. The van der Waals surface area contributed by atoms with Gasteiger partial charge in [-0.3, -0.25) is 4.79 Å². The molecule has 6 nitrogen and oxygen atoms in total. The van der Waals surface area contributed by atoms with E-state index in [0.717, 1.165) is 38.2 Å². The number of carbonyl (C=O) groups excluding carboxylic acids is 1. The number of nitrogens with one attached hydrogen (secondary N) is 1. The molecule has 1 N–H and O–H groups in total. The first-order chi connectivity index (χ1) is 15.7. The third kappa shape index (κ3) is 3.34. The first kappa shape index (κ1) is 21.0. The number of hydrogen-bond donors (Lipinski definition) is 1. The summed E-state index contributed by atoms with van der Waals surface area (Å²) in [5, 5.41) is 11.0. The molecule has 0 saturated heterocycles. The number of amides is 1. The highest BCUT2D eigenvalue weighted by Crippen LogP contribution is 2.53. The fraction of sp³-hybridized carbons (Fsp3) is 0.522. The predicted octanol–water partition coefficient (Wildman–Crippen LogP) is 6.14. The van der Waals surface area contributed by atoms with E-state index in [4.69, 9.17) is 20.4 Å². The zero-order valence-corrected chi connectivity index (χ0v) is 18.4. The van der Waals surface area contributed by atoms with Crippen LogP contribution in [-0.2, 0) is 11.6 Å². The molecule has 2 heterocycles. The SMILES string of the molecule is O=C(NC12CCC(c3nnco3)(CC1)CC2)c1oc2c(C(F)(F)F)cc(C3CC3)cc2c1Cl. The smallest absolute Gasteiger partial charge is 0.420 e. The quantitative estimate of drug-likeness (QED) is 0.486. The van der Waals surface area contributed by atoms with E-state index in [0.29, 0.717) is 30.7 Å². The third-order valence-corrected chi connectivity index (χ3v) is 8.13. The van der Waals surface area contributed by atoms with Crippen LogP contribution in [0.2, 0.25) is 5.02 Å². The number of halogens is 4. The maximum absolute atomic E-state index is 13.7. The van der Waals surface area contributed by atoms with Crippen molar-refractivity contribution >= 4 is 28.5 Å². The van der Waals surface area contributed by atoms with Gasteiger partial charge in [-0.1, -0.05) is 11.6 Å². The van der Waals surface area contributed by atoms with Crippen molar-refractivity contribution in [3.05, 3.63) is 46.3 Å². The van der Waals surface area contributed by atoms with Crippen LogP contribution in [0.3, 0.4) is 0 Å². The first-order valence-corrected chi connectivity index (χ1v) is 11.5. The van der Waals surface area contributed by atoms with E-state index in [2.05, 4.69) is 15.5 Å². The van der Waals surface area contributed by atoms with Gasteiger partial charge in [-0.15, -0.1) is 10.2 Å². The molecule has 4 saturated carbocycles. The van der Waals surface area contributed by atoms with Gasteiger partial charge in [-0.2, -0.15) is 13.2 Å². The van der Waals surface area contributed by atoms with Crippen LogP contribution in [0.15, 0.2) is 27.4 Å². The summed E-state index contributed by atoms with van der Waals surface area (Å²) in [7, 11) is 0. The van der Waals surface area contributed by atoms with Gasteiger partial charge < -0.3 is 14.2 Å². The van der Waals surface area contributed by atoms with Crippen molar-refractivity contribution in [1.29, 1.82) is 0 Å². The Kier molecular flexibility index (Phi) is 4.44. The summed E-state index contributed by atoms with van der Waals surface area (Å²) in [6.07, 6.45) is 2.89. The molecule has 0 unspecified atom stereocenters. The fourth-order valence-electron chi connectivity index (χ4n) is 5.60. The molecule has 4 fully saturated rings. The Balaban J connectivity index is 1.30. The van der Waals surface area contributed by atoms with Crippen LogP contribution in [0.1, 0.15) is 84.9 Å². The van der Waals surface area contributed by atoms with Gasteiger partial charge in [0, 0.05) is 16.3 Å². The van der Waals surface area contributed by atoms with Gasteiger partial charge in [0.25, 0.3) is 5.91 Å². The molecule has 0 aliphatic heterocycles. The normalized spacial score (nSPS) is 27.3. The molecule has 10 heteroatoms. The van der Waals surface area contributed by atoms with Crippen molar-refractivity contribution in [3.8, 4) is 0 Å². The molecule has 174 valence electrons. The lowest BCUT2D eigenvalue weighted by atomic mass is 9.57.